The number of carbonyl (C=O) groups excluding carboxylic acids is 3. The third kappa shape index (κ3) is 6.03. The number of methoxy groups -OCH3 is 1. The van der Waals surface area contributed by atoms with Gasteiger partial charge in [0.1, 0.15) is 6.61 Å². The van der Waals surface area contributed by atoms with Crippen molar-refractivity contribution < 1.29 is 33.7 Å². The fourth-order valence-corrected chi connectivity index (χ4v) is 3.44. The van der Waals surface area contributed by atoms with Crippen molar-refractivity contribution >= 4 is 18.0 Å². The van der Waals surface area contributed by atoms with Gasteiger partial charge in [0.25, 0.3) is 0 Å². The van der Waals surface area contributed by atoms with Crippen LogP contribution in [0, 0.1) is 0 Å². The zero-order valence-corrected chi connectivity index (χ0v) is 18.4. The van der Waals surface area contributed by atoms with Gasteiger partial charge in [-0.25, -0.2) is 9.59 Å². The standard InChI is InChI=1S/C24H26N2O7/c1-3-32-23(29)21-17(25-24(30)26-22(21)16-7-5-4-6-8-16)14-33-20(28)12-10-15-9-11-19(31-2)18(27)13-15/h4-9,11,13,22,27H,3,10,12,14H2,1-2H3,(H2,25,26,30). The van der Waals surface area contributed by atoms with Crippen LogP contribution in [0.15, 0.2) is 59.8 Å². The highest BCUT2D eigenvalue weighted by Crippen LogP contribution is 2.28. The highest BCUT2D eigenvalue weighted by molar-refractivity contribution is 5.95. The summed E-state index contributed by atoms with van der Waals surface area (Å²) in [6, 6.07) is 12.6. The maximum absolute atomic E-state index is 12.7. The van der Waals surface area contributed by atoms with Gasteiger partial charge >= 0.3 is 18.0 Å². The number of nitrogens with one attached hydrogen (secondary N) is 2. The van der Waals surface area contributed by atoms with E-state index in [1.807, 2.05) is 6.07 Å². The van der Waals surface area contributed by atoms with E-state index in [9.17, 15) is 19.5 Å². The Hall–Kier alpha value is -4.01. The van der Waals surface area contributed by atoms with Gasteiger partial charge in [0.05, 0.1) is 31.0 Å². The topological polar surface area (TPSA) is 123 Å². The monoisotopic (exact) mass is 454 g/mol. The molecule has 1 atom stereocenters. The van der Waals surface area contributed by atoms with Crippen LogP contribution in [0.1, 0.15) is 30.5 Å². The lowest BCUT2D eigenvalue weighted by Gasteiger charge is -2.29. The van der Waals surface area contributed by atoms with Gasteiger partial charge in [0, 0.05) is 6.42 Å². The van der Waals surface area contributed by atoms with Crippen molar-refractivity contribution in [2.45, 2.75) is 25.8 Å². The average molecular weight is 454 g/mol. The third-order valence-electron chi connectivity index (χ3n) is 5.02. The van der Waals surface area contributed by atoms with Gasteiger partial charge in [-0.2, -0.15) is 0 Å². The molecule has 0 aromatic heterocycles. The fraction of sp³-hybridized carbons (Fsp3) is 0.292. The molecule has 0 aliphatic carbocycles. The van der Waals surface area contributed by atoms with E-state index in [0.29, 0.717) is 17.7 Å². The number of rotatable bonds is 9. The minimum atomic E-state index is -0.741. The molecule has 0 saturated carbocycles. The first-order chi connectivity index (χ1) is 15.9. The highest BCUT2D eigenvalue weighted by Gasteiger charge is 2.34. The number of phenols is 1. The normalized spacial score (nSPS) is 15.3. The van der Waals surface area contributed by atoms with Crippen LogP contribution in [-0.2, 0) is 25.5 Å². The number of carbonyl (C=O) groups is 3. The van der Waals surface area contributed by atoms with E-state index in [4.69, 9.17) is 14.2 Å². The van der Waals surface area contributed by atoms with Gasteiger partial charge in [0.2, 0.25) is 0 Å². The van der Waals surface area contributed by atoms with Crippen LogP contribution in [0.25, 0.3) is 0 Å². The van der Waals surface area contributed by atoms with Crippen LogP contribution in [0.3, 0.4) is 0 Å². The molecule has 2 aromatic carbocycles. The Kier molecular flexibility index (Phi) is 7.91. The molecule has 9 nitrogen and oxygen atoms in total. The number of esters is 2. The minimum absolute atomic E-state index is 0.0167. The largest absolute Gasteiger partial charge is 0.504 e. The Morgan fingerprint density at radius 3 is 2.52 bits per heavy atom. The van der Waals surface area contributed by atoms with E-state index in [1.54, 1.807) is 43.3 Å². The smallest absolute Gasteiger partial charge is 0.338 e. The first-order valence-corrected chi connectivity index (χ1v) is 10.5. The second-order valence-corrected chi connectivity index (χ2v) is 7.22. The molecular weight excluding hydrogens is 428 g/mol. The predicted octanol–water partition coefficient (Wildman–Crippen LogP) is 2.75. The minimum Gasteiger partial charge on any atom is -0.504 e. The Morgan fingerprint density at radius 2 is 1.85 bits per heavy atom. The van der Waals surface area contributed by atoms with Crippen LogP contribution in [0.2, 0.25) is 0 Å². The van der Waals surface area contributed by atoms with Gasteiger partial charge in [-0.1, -0.05) is 36.4 Å². The molecule has 1 unspecified atom stereocenters. The van der Waals surface area contributed by atoms with Crippen LogP contribution >= 0.6 is 0 Å². The molecule has 0 bridgehead atoms. The summed E-state index contributed by atoms with van der Waals surface area (Å²) in [6.07, 6.45) is 0.378. The maximum Gasteiger partial charge on any atom is 0.338 e. The summed E-state index contributed by atoms with van der Waals surface area (Å²) < 4.78 is 15.5. The molecule has 174 valence electrons. The van der Waals surface area contributed by atoms with Gasteiger partial charge in [-0.15, -0.1) is 0 Å². The number of amides is 2. The van der Waals surface area contributed by atoms with E-state index >= 15 is 0 Å². The van der Waals surface area contributed by atoms with Crippen molar-refractivity contribution in [1.29, 1.82) is 0 Å². The Balaban J connectivity index is 1.72. The molecule has 3 rings (SSSR count). The van der Waals surface area contributed by atoms with E-state index in [2.05, 4.69) is 10.6 Å². The molecule has 2 amide bonds. The zero-order valence-electron chi connectivity index (χ0n) is 18.4. The second kappa shape index (κ2) is 11.0. The molecule has 1 aliphatic rings. The Labute approximate surface area is 191 Å². The number of phenolic OH excluding ortho intramolecular Hbond substituents is 1. The molecule has 9 heteroatoms. The van der Waals surface area contributed by atoms with Crippen molar-refractivity contribution in [2.24, 2.45) is 0 Å². The Morgan fingerprint density at radius 1 is 1.09 bits per heavy atom. The number of urea groups is 1. The van der Waals surface area contributed by atoms with Crippen LogP contribution in [-0.4, -0.2) is 43.4 Å². The van der Waals surface area contributed by atoms with Gasteiger partial charge in [0.15, 0.2) is 11.5 Å². The second-order valence-electron chi connectivity index (χ2n) is 7.22. The summed E-state index contributed by atoms with van der Waals surface area (Å²) in [7, 11) is 1.45. The summed E-state index contributed by atoms with van der Waals surface area (Å²) >= 11 is 0. The van der Waals surface area contributed by atoms with Crippen LogP contribution in [0.4, 0.5) is 4.79 Å². The molecule has 33 heavy (non-hydrogen) atoms. The molecule has 0 saturated heterocycles. The maximum atomic E-state index is 12.7. The van der Waals surface area contributed by atoms with Crippen molar-refractivity contribution in [3.05, 3.63) is 70.9 Å². The summed E-state index contributed by atoms with van der Waals surface area (Å²) in [5.41, 5.74) is 1.77. The number of benzene rings is 2. The lowest BCUT2D eigenvalue weighted by Crippen LogP contribution is -2.47. The van der Waals surface area contributed by atoms with E-state index in [0.717, 1.165) is 5.56 Å². The van der Waals surface area contributed by atoms with Crippen LogP contribution in [0.5, 0.6) is 11.5 Å². The van der Waals surface area contributed by atoms with E-state index in [1.165, 1.54) is 13.2 Å². The van der Waals surface area contributed by atoms with Gasteiger partial charge in [-0.3, -0.25) is 4.79 Å². The highest BCUT2D eigenvalue weighted by atomic mass is 16.5. The summed E-state index contributed by atoms with van der Waals surface area (Å²) in [5, 5.41) is 15.1. The zero-order chi connectivity index (χ0) is 23.8. The van der Waals surface area contributed by atoms with Gasteiger partial charge < -0.3 is 30.0 Å². The van der Waals surface area contributed by atoms with E-state index < -0.39 is 24.0 Å². The molecule has 0 spiro atoms. The van der Waals surface area contributed by atoms with E-state index in [-0.39, 0.29) is 36.7 Å². The lowest BCUT2D eigenvalue weighted by molar-refractivity contribution is -0.143. The summed E-state index contributed by atoms with van der Waals surface area (Å²) in [5.74, 6) is -0.810. The van der Waals surface area contributed by atoms with Crippen LogP contribution < -0.4 is 15.4 Å². The molecule has 0 radical (unpaired) electrons. The molecule has 0 fully saturated rings. The molecule has 2 aromatic rings. The van der Waals surface area contributed by atoms with Gasteiger partial charge in [-0.05, 0) is 36.6 Å². The molecular formula is C24H26N2O7. The first kappa shape index (κ1) is 23.6. The number of hydrogen-bond acceptors (Lipinski definition) is 7. The van der Waals surface area contributed by atoms with Crippen molar-refractivity contribution in [3.63, 3.8) is 0 Å². The average Bonchev–Trinajstić information content (AvgIpc) is 2.81. The predicted molar refractivity (Wildman–Crippen MR) is 118 cm³/mol. The number of ether oxygens (including phenoxy) is 3. The lowest BCUT2D eigenvalue weighted by atomic mass is 9.95. The Bertz CT molecular complexity index is 1050. The fourth-order valence-electron chi connectivity index (χ4n) is 3.44. The molecule has 1 heterocycles. The first-order valence-electron chi connectivity index (χ1n) is 10.5. The number of hydrogen-bond donors (Lipinski definition) is 3. The summed E-state index contributed by atoms with van der Waals surface area (Å²) in [4.78, 5) is 37.3. The number of aromatic hydroxyl groups is 1. The molecule has 3 N–H and O–H groups in total. The SMILES string of the molecule is CCOC(=O)C1=C(COC(=O)CCc2ccc(OC)c(O)c2)NC(=O)NC1c1ccccc1. The summed E-state index contributed by atoms with van der Waals surface area (Å²) in [6.45, 7) is 1.54. The molecule has 1 aliphatic heterocycles. The quantitative estimate of drug-likeness (QED) is 0.498. The van der Waals surface area contributed by atoms with Crippen molar-refractivity contribution in [2.75, 3.05) is 20.3 Å². The van der Waals surface area contributed by atoms with Crippen molar-refractivity contribution in [1.82, 2.24) is 10.6 Å². The number of aryl methyl sites for hydroxylation is 1. The third-order valence-corrected chi connectivity index (χ3v) is 5.02. The van der Waals surface area contributed by atoms with Crippen molar-refractivity contribution in [3.8, 4) is 11.5 Å².